The summed E-state index contributed by atoms with van der Waals surface area (Å²) in [5.41, 5.74) is 1.67. The lowest BCUT2D eigenvalue weighted by atomic mass is 9.90. The zero-order valence-electron chi connectivity index (χ0n) is 19.3. The number of fused-ring (bicyclic) bond motifs is 3. The molecular formula is C25H36N4O2. The molecule has 2 bridgehead atoms. The van der Waals surface area contributed by atoms with Crippen LogP contribution in [0.5, 0.6) is 0 Å². The lowest BCUT2D eigenvalue weighted by Gasteiger charge is -2.39. The van der Waals surface area contributed by atoms with E-state index in [1.54, 1.807) is 0 Å². The number of benzene rings is 1. The Morgan fingerprint density at radius 1 is 1.10 bits per heavy atom. The van der Waals surface area contributed by atoms with Gasteiger partial charge in [-0.3, -0.25) is 14.5 Å². The van der Waals surface area contributed by atoms with Crippen molar-refractivity contribution in [1.29, 1.82) is 0 Å². The number of hydrogen-bond acceptors (Lipinski definition) is 3. The molecule has 2 atom stereocenters. The summed E-state index contributed by atoms with van der Waals surface area (Å²) in [6, 6.07) is 9.00. The van der Waals surface area contributed by atoms with E-state index in [0.717, 1.165) is 48.7 Å². The second-order valence-corrected chi connectivity index (χ2v) is 10.2. The normalized spacial score (nSPS) is 23.8. The molecule has 6 nitrogen and oxygen atoms in total. The van der Waals surface area contributed by atoms with Crippen LogP contribution in [0.2, 0.25) is 0 Å². The van der Waals surface area contributed by atoms with Gasteiger partial charge in [-0.1, -0.05) is 18.2 Å². The molecule has 2 aliphatic rings. The number of aryl methyl sites for hydroxylation is 1. The van der Waals surface area contributed by atoms with E-state index in [9.17, 15) is 9.59 Å². The van der Waals surface area contributed by atoms with E-state index in [-0.39, 0.29) is 17.4 Å². The lowest BCUT2D eigenvalue weighted by Crippen LogP contribution is -2.52. The summed E-state index contributed by atoms with van der Waals surface area (Å²) in [4.78, 5) is 27.8. The standard InChI is InChI=1S/C25H36N4O2/c1-5-28-15-21(20-8-6-7-9-22(20)28)24(31)26-14-17-12-18-10-11-19(13-17)29(18)16-23(30)27-25(2,3)4/h6-9,15,17-19H,5,10-14,16H2,1-4H3,(H,26,31)(H,27,30). The summed E-state index contributed by atoms with van der Waals surface area (Å²) in [5.74, 6) is 0.606. The van der Waals surface area contributed by atoms with Gasteiger partial charge in [0, 0.05) is 47.8 Å². The smallest absolute Gasteiger partial charge is 0.253 e. The molecule has 2 saturated heterocycles. The molecule has 4 rings (SSSR count). The molecule has 0 radical (unpaired) electrons. The molecular weight excluding hydrogens is 388 g/mol. The fourth-order valence-electron chi connectivity index (χ4n) is 5.46. The van der Waals surface area contributed by atoms with Crippen molar-refractivity contribution in [2.45, 2.75) is 77.5 Å². The van der Waals surface area contributed by atoms with Crippen LogP contribution in [0.3, 0.4) is 0 Å². The van der Waals surface area contributed by atoms with Crippen molar-refractivity contribution >= 4 is 22.7 Å². The van der Waals surface area contributed by atoms with Crippen LogP contribution in [0.15, 0.2) is 30.5 Å². The molecule has 2 amide bonds. The van der Waals surface area contributed by atoms with Crippen LogP contribution in [-0.2, 0) is 11.3 Å². The van der Waals surface area contributed by atoms with E-state index in [1.165, 1.54) is 0 Å². The molecule has 1 aromatic carbocycles. The maximum Gasteiger partial charge on any atom is 0.253 e. The van der Waals surface area contributed by atoms with Crippen molar-refractivity contribution in [3.63, 3.8) is 0 Å². The van der Waals surface area contributed by atoms with Crippen molar-refractivity contribution in [2.75, 3.05) is 13.1 Å². The number of carbonyl (C=O) groups is 2. The van der Waals surface area contributed by atoms with Gasteiger partial charge in [-0.15, -0.1) is 0 Å². The summed E-state index contributed by atoms with van der Waals surface area (Å²) >= 11 is 0. The molecule has 2 fully saturated rings. The van der Waals surface area contributed by atoms with Crippen LogP contribution in [0, 0.1) is 5.92 Å². The molecule has 2 unspecified atom stereocenters. The van der Waals surface area contributed by atoms with Crippen LogP contribution in [-0.4, -0.2) is 52.0 Å². The third kappa shape index (κ3) is 4.79. The Hall–Kier alpha value is -2.34. The highest BCUT2D eigenvalue weighted by molar-refractivity contribution is 6.07. The molecule has 168 valence electrons. The van der Waals surface area contributed by atoms with Crippen molar-refractivity contribution in [2.24, 2.45) is 5.92 Å². The first kappa shape index (κ1) is 21.9. The Balaban J connectivity index is 1.34. The minimum Gasteiger partial charge on any atom is -0.352 e. The van der Waals surface area contributed by atoms with Crippen LogP contribution in [0.4, 0.5) is 0 Å². The Labute approximate surface area is 185 Å². The van der Waals surface area contributed by atoms with Crippen molar-refractivity contribution in [1.82, 2.24) is 20.1 Å². The minimum atomic E-state index is -0.195. The average molecular weight is 425 g/mol. The molecule has 31 heavy (non-hydrogen) atoms. The third-order valence-electron chi connectivity index (χ3n) is 6.75. The first-order chi connectivity index (χ1) is 14.7. The van der Waals surface area contributed by atoms with Gasteiger partial charge in [-0.25, -0.2) is 0 Å². The number of aromatic nitrogens is 1. The predicted octanol–water partition coefficient (Wildman–Crippen LogP) is 3.55. The topological polar surface area (TPSA) is 66.4 Å². The van der Waals surface area contributed by atoms with Gasteiger partial charge in [-0.05, 0) is 65.4 Å². The number of rotatable bonds is 6. The molecule has 3 heterocycles. The molecule has 6 heteroatoms. The molecule has 0 aliphatic carbocycles. The van der Waals surface area contributed by atoms with Gasteiger partial charge >= 0.3 is 0 Å². The highest BCUT2D eigenvalue weighted by Crippen LogP contribution is 2.38. The van der Waals surface area contributed by atoms with Crippen LogP contribution in [0.25, 0.3) is 10.9 Å². The Kier molecular flexibility index (Phi) is 6.11. The highest BCUT2D eigenvalue weighted by atomic mass is 16.2. The van der Waals surface area contributed by atoms with Gasteiger partial charge in [0.1, 0.15) is 0 Å². The van der Waals surface area contributed by atoms with Gasteiger partial charge in [0.25, 0.3) is 5.91 Å². The summed E-state index contributed by atoms with van der Waals surface area (Å²) < 4.78 is 2.13. The Bertz CT molecular complexity index is 944. The number of amides is 2. The second-order valence-electron chi connectivity index (χ2n) is 10.2. The number of carbonyl (C=O) groups excluding carboxylic acids is 2. The van der Waals surface area contributed by atoms with Crippen molar-refractivity contribution in [3.05, 3.63) is 36.0 Å². The van der Waals surface area contributed by atoms with Gasteiger partial charge < -0.3 is 15.2 Å². The maximum absolute atomic E-state index is 13.0. The Morgan fingerprint density at radius 3 is 2.42 bits per heavy atom. The quantitative estimate of drug-likeness (QED) is 0.745. The van der Waals surface area contributed by atoms with Crippen LogP contribution in [0.1, 0.15) is 63.7 Å². The first-order valence-corrected chi connectivity index (χ1v) is 11.7. The zero-order chi connectivity index (χ0) is 22.2. The number of piperidine rings is 1. The average Bonchev–Trinajstić information content (AvgIpc) is 3.18. The number of hydrogen-bond donors (Lipinski definition) is 2. The first-order valence-electron chi connectivity index (χ1n) is 11.7. The fourth-order valence-corrected chi connectivity index (χ4v) is 5.46. The third-order valence-corrected chi connectivity index (χ3v) is 6.75. The lowest BCUT2D eigenvalue weighted by molar-refractivity contribution is -0.125. The zero-order valence-corrected chi connectivity index (χ0v) is 19.3. The summed E-state index contributed by atoms with van der Waals surface area (Å²) in [6.45, 7) is 10.2. The fraction of sp³-hybridized carbons (Fsp3) is 0.600. The van der Waals surface area contributed by atoms with E-state index in [0.29, 0.717) is 31.1 Å². The summed E-state index contributed by atoms with van der Waals surface area (Å²) in [7, 11) is 0. The maximum atomic E-state index is 13.0. The molecule has 0 spiro atoms. The SMILES string of the molecule is CCn1cc(C(=O)NCC2CC3CCC(C2)N3CC(=O)NC(C)(C)C)c2ccccc21. The molecule has 1 aromatic heterocycles. The minimum absolute atomic E-state index is 0.0164. The monoisotopic (exact) mass is 424 g/mol. The van der Waals surface area contributed by atoms with E-state index in [1.807, 2.05) is 45.2 Å². The van der Waals surface area contributed by atoms with E-state index < -0.39 is 0 Å². The van der Waals surface area contributed by atoms with E-state index >= 15 is 0 Å². The van der Waals surface area contributed by atoms with E-state index in [2.05, 4.69) is 33.1 Å². The predicted molar refractivity (Wildman–Crippen MR) is 124 cm³/mol. The second kappa shape index (κ2) is 8.65. The van der Waals surface area contributed by atoms with Gasteiger partial charge in [0.15, 0.2) is 0 Å². The Morgan fingerprint density at radius 2 is 1.77 bits per heavy atom. The summed E-state index contributed by atoms with van der Waals surface area (Å²) in [6.07, 6.45) is 6.39. The van der Waals surface area contributed by atoms with Gasteiger partial charge in [0.2, 0.25) is 5.91 Å². The molecule has 2 aliphatic heterocycles. The largest absolute Gasteiger partial charge is 0.352 e. The number of nitrogens with zero attached hydrogens (tertiary/aromatic N) is 2. The van der Waals surface area contributed by atoms with Crippen molar-refractivity contribution < 1.29 is 9.59 Å². The highest BCUT2D eigenvalue weighted by Gasteiger charge is 2.41. The molecule has 2 aromatic rings. The number of para-hydroxylation sites is 1. The van der Waals surface area contributed by atoms with E-state index in [4.69, 9.17) is 0 Å². The number of nitrogens with one attached hydrogen (secondary N) is 2. The van der Waals surface area contributed by atoms with Gasteiger partial charge in [0.05, 0.1) is 12.1 Å². The van der Waals surface area contributed by atoms with Crippen LogP contribution < -0.4 is 10.6 Å². The molecule has 2 N–H and O–H groups in total. The van der Waals surface area contributed by atoms with Crippen LogP contribution >= 0.6 is 0 Å². The molecule has 0 saturated carbocycles. The van der Waals surface area contributed by atoms with Gasteiger partial charge in [-0.2, -0.15) is 0 Å². The van der Waals surface area contributed by atoms with Crippen molar-refractivity contribution in [3.8, 4) is 0 Å². The summed E-state index contributed by atoms with van der Waals surface area (Å²) in [5, 5.41) is 7.31.